The number of ketones is 1. The van der Waals surface area contributed by atoms with Crippen LogP contribution in [0.3, 0.4) is 0 Å². The fourth-order valence-corrected chi connectivity index (χ4v) is 9.22. The number of carbonyl (C=O) groups excluding carboxylic acids is 1. The standard InChI is InChI=1S/C25H38F2O2Si/c1-3-5-6-15-30-16-13-19(14-17-30)18-7-9-20(10-8-18)25(28)21-11-12-22(29-4-2)24(27)23(21)26/h11-12,18-20,30H,3-10,13-17H2,1-2H3/t18-,19-,20-,30-. The van der Waals surface area contributed by atoms with Gasteiger partial charge in [-0.1, -0.05) is 57.2 Å². The summed E-state index contributed by atoms with van der Waals surface area (Å²) in [6.07, 6.45) is 10.7. The van der Waals surface area contributed by atoms with Crippen LogP contribution >= 0.6 is 0 Å². The van der Waals surface area contributed by atoms with Crippen LogP contribution in [-0.4, -0.2) is 21.2 Å². The highest BCUT2D eigenvalue weighted by Crippen LogP contribution is 2.42. The maximum atomic E-state index is 14.4. The zero-order chi connectivity index (χ0) is 21.5. The molecule has 5 heteroatoms. The van der Waals surface area contributed by atoms with Crippen LogP contribution in [0.25, 0.3) is 0 Å². The lowest BCUT2D eigenvalue weighted by atomic mass is 9.72. The first-order valence-electron chi connectivity index (χ1n) is 12.2. The molecule has 1 aromatic rings. The average molecular weight is 437 g/mol. The van der Waals surface area contributed by atoms with E-state index in [-0.39, 0.29) is 29.6 Å². The predicted octanol–water partition coefficient (Wildman–Crippen LogP) is 7.18. The first-order chi connectivity index (χ1) is 14.5. The molecule has 0 atom stereocenters. The number of halogens is 2. The summed E-state index contributed by atoms with van der Waals surface area (Å²) in [7, 11) is -0.482. The molecule has 1 aromatic carbocycles. The average Bonchev–Trinajstić information content (AvgIpc) is 2.78. The highest BCUT2D eigenvalue weighted by atomic mass is 28.3. The first-order valence-corrected chi connectivity index (χ1v) is 14.6. The Morgan fingerprint density at radius 2 is 1.63 bits per heavy atom. The highest BCUT2D eigenvalue weighted by molar-refractivity contribution is 6.58. The van der Waals surface area contributed by atoms with Crippen LogP contribution in [0, 0.1) is 29.4 Å². The molecule has 0 spiro atoms. The molecule has 1 aliphatic heterocycles. The lowest BCUT2D eigenvalue weighted by molar-refractivity contribution is 0.0843. The molecule has 3 rings (SSSR count). The van der Waals surface area contributed by atoms with E-state index >= 15 is 0 Å². The van der Waals surface area contributed by atoms with Crippen LogP contribution in [0.2, 0.25) is 18.1 Å². The SMILES string of the molecule is CCCCC[Si@H]1CC[C@H]([C@H]2CC[C@H](C(=O)c3ccc(OCC)c(F)c3F)CC2)CC1. The number of Topliss-reactive ketones (excluding diaryl/α,β-unsaturated/α-hetero) is 1. The van der Waals surface area contributed by atoms with E-state index < -0.39 is 20.4 Å². The van der Waals surface area contributed by atoms with Crippen LogP contribution < -0.4 is 4.74 Å². The van der Waals surface area contributed by atoms with E-state index in [9.17, 15) is 13.6 Å². The number of ether oxygens (including phenoxy) is 1. The molecule has 0 bridgehead atoms. The first kappa shape index (κ1) is 23.4. The van der Waals surface area contributed by atoms with Gasteiger partial charge in [-0.15, -0.1) is 0 Å². The third-order valence-corrected chi connectivity index (χ3v) is 11.1. The lowest BCUT2D eigenvalue weighted by Crippen LogP contribution is -2.30. The maximum absolute atomic E-state index is 14.4. The minimum absolute atomic E-state index is 0.113. The zero-order valence-electron chi connectivity index (χ0n) is 18.7. The summed E-state index contributed by atoms with van der Waals surface area (Å²) < 4.78 is 33.7. The Bertz CT molecular complexity index is 693. The van der Waals surface area contributed by atoms with Crippen LogP contribution in [0.4, 0.5) is 8.78 Å². The van der Waals surface area contributed by atoms with Gasteiger partial charge in [-0.3, -0.25) is 4.79 Å². The van der Waals surface area contributed by atoms with Crippen molar-refractivity contribution in [1.82, 2.24) is 0 Å². The van der Waals surface area contributed by atoms with Crippen LogP contribution in [0.15, 0.2) is 12.1 Å². The molecule has 0 unspecified atom stereocenters. The molecule has 0 amide bonds. The van der Waals surface area contributed by atoms with E-state index in [0.29, 0.717) is 0 Å². The van der Waals surface area contributed by atoms with Gasteiger partial charge in [0.25, 0.3) is 0 Å². The van der Waals surface area contributed by atoms with Crippen molar-refractivity contribution in [3.8, 4) is 5.75 Å². The maximum Gasteiger partial charge on any atom is 0.201 e. The van der Waals surface area contributed by atoms with E-state index in [4.69, 9.17) is 4.74 Å². The van der Waals surface area contributed by atoms with Gasteiger partial charge in [0.15, 0.2) is 17.3 Å². The fraction of sp³-hybridized carbons (Fsp3) is 0.720. The summed E-state index contributed by atoms with van der Waals surface area (Å²) in [4.78, 5) is 12.9. The summed E-state index contributed by atoms with van der Waals surface area (Å²) in [6.45, 7) is 4.26. The third kappa shape index (κ3) is 5.71. The van der Waals surface area contributed by atoms with Crippen molar-refractivity contribution < 1.29 is 18.3 Å². The van der Waals surface area contributed by atoms with Crippen molar-refractivity contribution in [2.45, 2.75) is 89.8 Å². The van der Waals surface area contributed by atoms with Gasteiger partial charge >= 0.3 is 0 Å². The Labute approximate surface area is 182 Å². The van der Waals surface area contributed by atoms with E-state index in [1.807, 2.05) is 0 Å². The summed E-state index contributed by atoms with van der Waals surface area (Å²) in [5, 5.41) is 0. The van der Waals surface area contributed by atoms with Gasteiger partial charge in [0.2, 0.25) is 5.82 Å². The van der Waals surface area contributed by atoms with Crippen LogP contribution in [-0.2, 0) is 0 Å². The molecular formula is C25H38F2O2Si. The molecule has 0 aromatic heterocycles. The number of carbonyl (C=O) groups is 1. The summed E-state index contributed by atoms with van der Waals surface area (Å²) in [5.74, 6) is -1.08. The third-order valence-electron chi connectivity index (χ3n) is 7.53. The van der Waals surface area contributed by atoms with Gasteiger partial charge < -0.3 is 4.74 Å². The van der Waals surface area contributed by atoms with E-state index in [0.717, 1.165) is 37.5 Å². The van der Waals surface area contributed by atoms with E-state index in [1.165, 1.54) is 62.4 Å². The van der Waals surface area contributed by atoms with Gasteiger partial charge in [0, 0.05) is 14.7 Å². The second kappa shape index (κ2) is 11.4. The van der Waals surface area contributed by atoms with Crippen molar-refractivity contribution >= 4 is 14.6 Å². The normalized spacial score (nSPS) is 27.1. The number of hydrogen-bond donors (Lipinski definition) is 0. The van der Waals surface area contributed by atoms with E-state index in [2.05, 4.69) is 6.92 Å². The molecule has 2 aliphatic rings. The second-order valence-electron chi connectivity index (χ2n) is 9.42. The monoisotopic (exact) mass is 436 g/mol. The van der Waals surface area contributed by atoms with Crippen molar-refractivity contribution in [3.63, 3.8) is 0 Å². The molecule has 1 heterocycles. The largest absolute Gasteiger partial charge is 0.491 e. The zero-order valence-corrected chi connectivity index (χ0v) is 19.9. The molecule has 2 nitrogen and oxygen atoms in total. The van der Waals surface area contributed by atoms with Crippen LogP contribution in [0.5, 0.6) is 5.75 Å². The van der Waals surface area contributed by atoms with Crippen molar-refractivity contribution in [1.29, 1.82) is 0 Å². The summed E-state index contributed by atoms with van der Waals surface area (Å²) in [5.41, 5.74) is -0.113. The quantitative estimate of drug-likeness (QED) is 0.233. The Hall–Kier alpha value is -1.23. The van der Waals surface area contributed by atoms with E-state index in [1.54, 1.807) is 6.92 Å². The molecule has 1 saturated heterocycles. The second-order valence-corrected chi connectivity index (χ2v) is 12.9. The Morgan fingerprint density at radius 1 is 0.967 bits per heavy atom. The van der Waals surface area contributed by atoms with Crippen molar-refractivity contribution in [2.24, 2.45) is 17.8 Å². The molecule has 2 fully saturated rings. The lowest BCUT2D eigenvalue weighted by Gasteiger charge is -2.37. The van der Waals surface area contributed by atoms with Gasteiger partial charge in [0.1, 0.15) is 0 Å². The molecule has 30 heavy (non-hydrogen) atoms. The number of unbranched alkanes of at least 4 members (excludes halogenated alkanes) is 2. The smallest absolute Gasteiger partial charge is 0.201 e. The topological polar surface area (TPSA) is 26.3 Å². The Morgan fingerprint density at radius 3 is 2.27 bits per heavy atom. The Balaban J connectivity index is 1.49. The van der Waals surface area contributed by atoms with Gasteiger partial charge in [-0.25, -0.2) is 4.39 Å². The van der Waals surface area contributed by atoms with Gasteiger partial charge in [0.05, 0.1) is 12.2 Å². The van der Waals surface area contributed by atoms with Gasteiger partial charge in [-0.05, 0) is 56.6 Å². The number of hydrogen-bond acceptors (Lipinski definition) is 2. The minimum atomic E-state index is -1.06. The Kier molecular flexibility index (Phi) is 8.91. The fourth-order valence-electron chi connectivity index (χ4n) is 5.69. The summed E-state index contributed by atoms with van der Waals surface area (Å²) >= 11 is 0. The number of benzene rings is 1. The molecular weight excluding hydrogens is 398 g/mol. The van der Waals surface area contributed by atoms with Crippen molar-refractivity contribution in [3.05, 3.63) is 29.3 Å². The minimum Gasteiger partial charge on any atom is -0.491 e. The predicted molar refractivity (Wildman–Crippen MR) is 121 cm³/mol. The van der Waals surface area contributed by atoms with Crippen LogP contribution in [0.1, 0.15) is 82.0 Å². The number of rotatable bonds is 9. The molecule has 0 N–H and O–H groups in total. The summed E-state index contributed by atoms with van der Waals surface area (Å²) in [6, 6.07) is 7.31. The molecule has 168 valence electrons. The van der Waals surface area contributed by atoms with Gasteiger partial charge in [-0.2, -0.15) is 4.39 Å². The molecule has 0 radical (unpaired) electrons. The van der Waals surface area contributed by atoms with Crippen molar-refractivity contribution in [2.75, 3.05) is 6.61 Å². The molecule has 1 aliphatic carbocycles. The molecule has 1 saturated carbocycles. The highest BCUT2D eigenvalue weighted by Gasteiger charge is 2.34.